The molecule has 114 valence electrons. The molecule has 0 atom stereocenters. The van der Waals surface area contributed by atoms with Crippen LogP contribution >= 0.6 is 0 Å². The second-order valence-corrected chi connectivity index (χ2v) is 6.40. The minimum Gasteiger partial charge on any atom is -0.356 e. The summed E-state index contributed by atoms with van der Waals surface area (Å²) < 4.78 is 0. The van der Waals surface area contributed by atoms with Crippen LogP contribution in [-0.2, 0) is 16.0 Å². The number of carbonyl (C=O) groups is 2. The second-order valence-electron chi connectivity index (χ2n) is 6.40. The van der Waals surface area contributed by atoms with Gasteiger partial charge < -0.3 is 5.32 Å². The number of ketones is 1. The van der Waals surface area contributed by atoms with E-state index in [-0.39, 0.29) is 17.1 Å². The second kappa shape index (κ2) is 8.40. The lowest BCUT2D eigenvalue weighted by Gasteiger charge is -2.16. The maximum atomic E-state index is 11.7. The number of nitrogens with one attached hydrogen (secondary N) is 1. The SMILES string of the molecule is CC(C)(C)CC(=O)NCCC(=O)/C=C/Cc1ccccc1. The van der Waals surface area contributed by atoms with Crippen molar-refractivity contribution in [2.24, 2.45) is 5.41 Å². The molecule has 1 N–H and O–H groups in total. The van der Waals surface area contributed by atoms with Crippen LogP contribution in [0.25, 0.3) is 0 Å². The molecule has 1 rings (SSSR count). The Kier molecular flexibility index (Phi) is 6.86. The average Bonchev–Trinajstić information content (AvgIpc) is 2.38. The summed E-state index contributed by atoms with van der Waals surface area (Å²) in [5, 5.41) is 2.78. The van der Waals surface area contributed by atoms with Crippen LogP contribution in [0.5, 0.6) is 0 Å². The minimum absolute atomic E-state index is 0.00330. The van der Waals surface area contributed by atoms with Crippen molar-refractivity contribution in [2.75, 3.05) is 6.54 Å². The lowest BCUT2D eigenvalue weighted by Crippen LogP contribution is -2.29. The van der Waals surface area contributed by atoms with E-state index < -0.39 is 0 Å². The van der Waals surface area contributed by atoms with Crippen LogP contribution in [0, 0.1) is 5.41 Å². The molecule has 0 aliphatic carbocycles. The number of allylic oxidation sites excluding steroid dienone is 2. The van der Waals surface area contributed by atoms with Gasteiger partial charge in [-0.1, -0.05) is 57.2 Å². The van der Waals surface area contributed by atoms with E-state index in [9.17, 15) is 9.59 Å². The number of carbonyl (C=O) groups excluding carboxylic acids is 2. The Labute approximate surface area is 127 Å². The van der Waals surface area contributed by atoms with Gasteiger partial charge >= 0.3 is 0 Å². The molecule has 21 heavy (non-hydrogen) atoms. The van der Waals surface area contributed by atoms with Crippen LogP contribution in [0.2, 0.25) is 0 Å². The van der Waals surface area contributed by atoms with E-state index in [0.717, 1.165) is 6.42 Å². The number of hydrogen-bond donors (Lipinski definition) is 1. The Morgan fingerprint density at radius 1 is 1.14 bits per heavy atom. The quantitative estimate of drug-likeness (QED) is 0.782. The van der Waals surface area contributed by atoms with Gasteiger partial charge in [-0.3, -0.25) is 9.59 Å². The molecule has 0 radical (unpaired) electrons. The van der Waals surface area contributed by atoms with Crippen LogP contribution in [0.4, 0.5) is 0 Å². The maximum Gasteiger partial charge on any atom is 0.220 e. The average molecular weight is 287 g/mol. The number of amides is 1. The first-order chi connectivity index (χ1) is 9.87. The van der Waals surface area contributed by atoms with Gasteiger partial charge in [0.15, 0.2) is 5.78 Å². The van der Waals surface area contributed by atoms with Gasteiger partial charge in [0, 0.05) is 19.4 Å². The van der Waals surface area contributed by atoms with Gasteiger partial charge in [0.25, 0.3) is 0 Å². The van der Waals surface area contributed by atoms with Gasteiger partial charge in [0.05, 0.1) is 0 Å². The van der Waals surface area contributed by atoms with E-state index in [1.54, 1.807) is 6.08 Å². The molecule has 1 aromatic carbocycles. The van der Waals surface area contributed by atoms with Crippen LogP contribution in [-0.4, -0.2) is 18.2 Å². The molecule has 0 spiro atoms. The first-order valence-electron chi connectivity index (χ1n) is 7.37. The summed E-state index contributed by atoms with van der Waals surface area (Å²) in [6.45, 7) is 6.46. The fraction of sp³-hybridized carbons (Fsp3) is 0.444. The topological polar surface area (TPSA) is 46.2 Å². The van der Waals surface area contributed by atoms with Gasteiger partial charge in [-0.2, -0.15) is 0 Å². The molecule has 0 aliphatic heterocycles. The first kappa shape index (κ1) is 17.2. The Morgan fingerprint density at radius 2 is 1.81 bits per heavy atom. The third kappa shape index (κ3) is 8.79. The Morgan fingerprint density at radius 3 is 2.43 bits per heavy atom. The highest BCUT2D eigenvalue weighted by Crippen LogP contribution is 2.17. The standard InChI is InChI=1S/C18H25NO2/c1-18(2,3)14-17(21)19-13-12-16(20)11-7-10-15-8-5-4-6-9-15/h4-9,11H,10,12-14H2,1-3H3,(H,19,21)/b11-7+. The smallest absolute Gasteiger partial charge is 0.220 e. The molecule has 3 nitrogen and oxygen atoms in total. The van der Waals surface area contributed by atoms with Gasteiger partial charge in [-0.15, -0.1) is 0 Å². The monoisotopic (exact) mass is 287 g/mol. The predicted molar refractivity (Wildman–Crippen MR) is 86.0 cm³/mol. The normalized spacial score (nSPS) is 11.6. The highest BCUT2D eigenvalue weighted by Gasteiger charge is 2.15. The zero-order chi connectivity index (χ0) is 15.7. The van der Waals surface area contributed by atoms with E-state index in [1.807, 2.05) is 57.2 Å². The summed E-state index contributed by atoms with van der Waals surface area (Å²) in [5.41, 5.74) is 1.16. The van der Waals surface area contributed by atoms with Crippen molar-refractivity contribution in [3.63, 3.8) is 0 Å². The zero-order valence-electron chi connectivity index (χ0n) is 13.2. The van der Waals surface area contributed by atoms with Crippen LogP contribution in [0.3, 0.4) is 0 Å². The summed E-state index contributed by atoms with van der Waals surface area (Å²) in [6, 6.07) is 9.99. The number of rotatable bonds is 7. The van der Waals surface area contributed by atoms with Crippen molar-refractivity contribution >= 4 is 11.7 Å². The van der Waals surface area contributed by atoms with Crippen molar-refractivity contribution in [3.05, 3.63) is 48.0 Å². The van der Waals surface area contributed by atoms with E-state index >= 15 is 0 Å². The van der Waals surface area contributed by atoms with Crippen molar-refractivity contribution in [1.29, 1.82) is 0 Å². The summed E-state index contributed by atoms with van der Waals surface area (Å²) in [5.74, 6) is 0.0468. The van der Waals surface area contributed by atoms with Gasteiger partial charge in [-0.25, -0.2) is 0 Å². The van der Waals surface area contributed by atoms with Gasteiger partial charge in [-0.05, 0) is 23.5 Å². The third-order valence-corrected chi connectivity index (χ3v) is 2.88. The Hall–Kier alpha value is -1.90. The summed E-state index contributed by atoms with van der Waals surface area (Å²) in [6.07, 6.45) is 5.05. The molecular weight excluding hydrogens is 262 g/mol. The third-order valence-electron chi connectivity index (χ3n) is 2.88. The summed E-state index contributed by atoms with van der Waals surface area (Å²) in [4.78, 5) is 23.3. The molecule has 0 saturated heterocycles. The van der Waals surface area contributed by atoms with Crippen LogP contribution < -0.4 is 5.32 Å². The van der Waals surface area contributed by atoms with E-state index in [1.165, 1.54) is 5.56 Å². The first-order valence-corrected chi connectivity index (χ1v) is 7.37. The molecule has 1 aromatic rings. The van der Waals surface area contributed by atoms with Crippen molar-refractivity contribution in [2.45, 2.75) is 40.0 Å². The predicted octanol–water partition coefficient (Wildman–Crippen LogP) is 3.30. The molecule has 0 saturated carbocycles. The summed E-state index contributed by atoms with van der Waals surface area (Å²) in [7, 11) is 0. The van der Waals surface area contributed by atoms with Crippen LogP contribution in [0.15, 0.2) is 42.5 Å². The zero-order valence-corrected chi connectivity index (χ0v) is 13.2. The molecule has 0 bridgehead atoms. The van der Waals surface area contributed by atoms with E-state index in [2.05, 4.69) is 5.32 Å². The lowest BCUT2D eigenvalue weighted by molar-refractivity contribution is -0.122. The maximum absolute atomic E-state index is 11.7. The molecule has 0 aliphatic rings. The largest absolute Gasteiger partial charge is 0.356 e. The summed E-state index contributed by atoms with van der Waals surface area (Å²) >= 11 is 0. The van der Waals surface area contributed by atoms with E-state index in [0.29, 0.717) is 19.4 Å². The van der Waals surface area contributed by atoms with Crippen molar-refractivity contribution in [1.82, 2.24) is 5.32 Å². The van der Waals surface area contributed by atoms with Crippen molar-refractivity contribution < 1.29 is 9.59 Å². The van der Waals surface area contributed by atoms with Crippen LogP contribution in [0.1, 0.15) is 39.2 Å². The molecule has 3 heteroatoms. The highest BCUT2D eigenvalue weighted by atomic mass is 16.1. The molecule has 0 aromatic heterocycles. The Bertz CT molecular complexity index is 484. The number of hydrogen-bond acceptors (Lipinski definition) is 2. The molecule has 0 fully saturated rings. The Balaban J connectivity index is 2.21. The van der Waals surface area contributed by atoms with Gasteiger partial charge in [0.2, 0.25) is 5.91 Å². The fourth-order valence-corrected chi connectivity index (χ4v) is 1.89. The molecule has 0 heterocycles. The molecule has 1 amide bonds. The van der Waals surface area contributed by atoms with Crippen molar-refractivity contribution in [3.8, 4) is 0 Å². The molecule has 0 unspecified atom stereocenters. The van der Waals surface area contributed by atoms with E-state index in [4.69, 9.17) is 0 Å². The fourth-order valence-electron chi connectivity index (χ4n) is 1.89. The molecular formula is C18H25NO2. The van der Waals surface area contributed by atoms with Gasteiger partial charge in [0.1, 0.15) is 0 Å². The highest BCUT2D eigenvalue weighted by molar-refractivity contribution is 5.90. The minimum atomic E-state index is -0.0241. The lowest BCUT2D eigenvalue weighted by atomic mass is 9.92. The number of benzene rings is 1.